The van der Waals surface area contributed by atoms with Gasteiger partial charge in [-0.05, 0) is 25.7 Å². The van der Waals surface area contributed by atoms with Crippen molar-refractivity contribution in [3.05, 3.63) is 6.33 Å². The molecule has 0 amide bonds. The number of hydrogen-bond donors (Lipinski definition) is 3. The van der Waals surface area contributed by atoms with Gasteiger partial charge in [-0.2, -0.15) is 9.97 Å². The Bertz CT molecular complexity index is 593. The maximum atomic E-state index is 4.60. The van der Waals surface area contributed by atoms with Gasteiger partial charge < -0.3 is 15.6 Å². The molecule has 1 fully saturated rings. The number of nitrogens with one attached hydrogen (secondary N) is 3. The van der Waals surface area contributed by atoms with Crippen molar-refractivity contribution in [1.82, 2.24) is 19.9 Å². The zero-order valence-electron chi connectivity index (χ0n) is 12.8. The first-order valence-electron chi connectivity index (χ1n) is 8.01. The molecule has 3 rings (SSSR count). The van der Waals surface area contributed by atoms with E-state index in [1.54, 1.807) is 6.33 Å². The molecule has 1 aliphatic carbocycles. The highest BCUT2D eigenvalue weighted by Crippen LogP contribution is 2.29. The SMILES string of the molecule is CCNc1nc(NC2CCCC(CC)C2)c2[nH]cnc2n1. The van der Waals surface area contributed by atoms with E-state index in [1.807, 2.05) is 6.92 Å². The molecule has 0 bridgehead atoms. The summed E-state index contributed by atoms with van der Waals surface area (Å²) in [5.74, 6) is 2.35. The highest BCUT2D eigenvalue weighted by Gasteiger charge is 2.22. The summed E-state index contributed by atoms with van der Waals surface area (Å²) in [6, 6.07) is 0.500. The van der Waals surface area contributed by atoms with Gasteiger partial charge in [-0.25, -0.2) is 4.98 Å². The van der Waals surface area contributed by atoms with E-state index in [0.29, 0.717) is 17.6 Å². The van der Waals surface area contributed by atoms with Gasteiger partial charge in [-0.1, -0.05) is 26.2 Å². The van der Waals surface area contributed by atoms with Crippen LogP contribution in [0, 0.1) is 5.92 Å². The molecule has 2 heterocycles. The van der Waals surface area contributed by atoms with Gasteiger partial charge in [-0.15, -0.1) is 0 Å². The Balaban J connectivity index is 1.83. The molecule has 1 aliphatic rings. The fourth-order valence-corrected chi connectivity index (χ4v) is 3.16. The zero-order chi connectivity index (χ0) is 14.7. The Hall–Kier alpha value is -1.85. The predicted octanol–water partition coefficient (Wildman–Crippen LogP) is 3.17. The fourth-order valence-electron chi connectivity index (χ4n) is 3.16. The van der Waals surface area contributed by atoms with Crippen molar-refractivity contribution in [3.8, 4) is 0 Å². The smallest absolute Gasteiger partial charge is 0.226 e. The molecule has 2 atom stereocenters. The number of rotatable bonds is 5. The predicted molar refractivity (Wildman–Crippen MR) is 85.5 cm³/mol. The van der Waals surface area contributed by atoms with Crippen LogP contribution in [0.4, 0.5) is 11.8 Å². The molecule has 3 N–H and O–H groups in total. The number of fused-ring (bicyclic) bond motifs is 1. The van der Waals surface area contributed by atoms with Crippen molar-refractivity contribution in [2.45, 2.75) is 52.0 Å². The van der Waals surface area contributed by atoms with Crippen LogP contribution in [0.5, 0.6) is 0 Å². The number of aromatic nitrogens is 4. The second-order valence-electron chi connectivity index (χ2n) is 5.81. The summed E-state index contributed by atoms with van der Waals surface area (Å²) < 4.78 is 0. The number of hydrogen-bond acceptors (Lipinski definition) is 5. The minimum Gasteiger partial charge on any atom is -0.365 e. The average molecular weight is 288 g/mol. The molecule has 0 spiro atoms. The molecule has 0 aliphatic heterocycles. The maximum absolute atomic E-state index is 4.60. The van der Waals surface area contributed by atoms with Crippen LogP contribution in [0.1, 0.15) is 46.0 Å². The molecule has 0 radical (unpaired) electrons. The molecular formula is C15H24N6. The summed E-state index contributed by atoms with van der Waals surface area (Å²) in [6.07, 6.45) is 8.05. The molecule has 6 nitrogen and oxygen atoms in total. The van der Waals surface area contributed by atoms with E-state index < -0.39 is 0 Å². The third-order valence-corrected chi connectivity index (χ3v) is 4.32. The molecule has 2 aromatic heterocycles. The lowest BCUT2D eigenvalue weighted by Crippen LogP contribution is -2.27. The quantitative estimate of drug-likeness (QED) is 0.787. The van der Waals surface area contributed by atoms with E-state index >= 15 is 0 Å². The molecule has 2 aromatic rings. The maximum Gasteiger partial charge on any atom is 0.226 e. The highest BCUT2D eigenvalue weighted by molar-refractivity contribution is 5.83. The Morgan fingerprint density at radius 2 is 2.19 bits per heavy atom. The Morgan fingerprint density at radius 3 is 3.00 bits per heavy atom. The van der Waals surface area contributed by atoms with Crippen molar-refractivity contribution in [2.24, 2.45) is 5.92 Å². The van der Waals surface area contributed by atoms with Crippen LogP contribution in [0.15, 0.2) is 6.33 Å². The van der Waals surface area contributed by atoms with Crippen LogP contribution in [0.25, 0.3) is 11.2 Å². The lowest BCUT2D eigenvalue weighted by molar-refractivity contribution is 0.327. The van der Waals surface area contributed by atoms with E-state index in [9.17, 15) is 0 Å². The molecule has 114 valence electrons. The highest BCUT2D eigenvalue weighted by atomic mass is 15.2. The van der Waals surface area contributed by atoms with E-state index in [0.717, 1.165) is 23.8 Å². The van der Waals surface area contributed by atoms with E-state index in [2.05, 4.69) is 37.5 Å². The van der Waals surface area contributed by atoms with Gasteiger partial charge in [0.25, 0.3) is 0 Å². The minimum atomic E-state index is 0.500. The van der Waals surface area contributed by atoms with Crippen molar-refractivity contribution >= 4 is 22.9 Å². The fraction of sp³-hybridized carbons (Fsp3) is 0.667. The van der Waals surface area contributed by atoms with Crippen LogP contribution in [0.2, 0.25) is 0 Å². The van der Waals surface area contributed by atoms with E-state index in [-0.39, 0.29) is 0 Å². The third-order valence-electron chi connectivity index (χ3n) is 4.32. The number of H-pyrrole nitrogens is 1. The summed E-state index contributed by atoms with van der Waals surface area (Å²) in [6.45, 7) is 5.13. The van der Waals surface area contributed by atoms with E-state index in [4.69, 9.17) is 0 Å². The van der Waals surface area contributed by atoms with Crippen LogP contribution in [0.3, 0.4) is 0 Å². The van der Waals surface area contributed by atoms with Gasteiger partial charge in [-0.3, -0.25) is 0 Å². The minimum absolute atomic E-state index is 0.500. The number of nitrogens with zero attached hydrogens (tertiary/aromatic N) is 3. The number of aromatic amines is 1. The second-order valence-corrected chi connectivity index (χ2v) is 5.81. The Morgan fingerprint density at radius 1 is 1.29 bits per heavy atom. The van der Waals surface area contributed by atoms with E-state index in [1.165, 1.54) is 32.1 Å². The molecule has 21 heavy (non-hydrogen) atoms. The molecule has 2 unspecified atom stereocenters. The Kier molecular flexibility index (Phi) is 4.22. The largest absolute Gasteiger partial charge is 0.365 e. The molecule has 6 heteroatoms. The topological polar surface area (TPSA) is 78.5 Å². The Labute approximate surface area is 125 Å². The standard InChI is InChI=1S/C15H24N6/c1-3-10-6-5-7-11(8-10)19-14-12-13(18-9-17-12)20-15(21-14)16-4-2/h9-11H,3-8H2,1-2H3,(H3,16,17,18,19,20,21). The van der Waals surface area contributed by atoms with Crippen LogP contribution in [-0.4, -0.2) is 32.5 Å². The molecular weight excluding hydrogens is 264 g/mol. The van der Waals surface area contributed by atoms with Gasteiger partial charge in [0, 0.05) is 12.6 Å². The lowest BCUT2D eigenvalue weighted by Gasteiger charge is -2.29. The molecule has 1 saturated carbocycles. The molecule has 0 aromatic carbocycles. The van der Waals surface area contributed by atoms with Gasteiger partial charge in [0.15, 0.2) is 11.5 Å². The second kappa shape index (κ2) is 6.28. The first kappa shape index (κ1) is 14.1. The van der Waals surface area contributed by atoms with Gasteiger partial charge in [0.1, 0.15) is 5.52 Å². The molecule has 0 saturated heterocycles. The van der Waals surface area contributed by atoms with Crippen molar-refractivity contribution < 1.29 is 0 Å². The zero-order valence-corrected chi connectivity index (χ0v) is 12.8. The number of imidazole rings is 1. The lowest BCUT2D eigenvalue weighted by atomic mass is 9.84. The monoisotopic (exact) mass is 288 g/mol. The van der Waals surface area contributed by atoms with Gasteiger partial charge in [0.05, 0.1) is 6.33 Å². The van der Waals surface area contributed by atoms with Gasteiger partial charge >= 0.3 is 0 Å². The van der Waals surface area contributed by atoms with Crippen molar-refractivity contribution in [2.75, 3.05) is 17.2 Å². The van der Waals surface area contributed by atoms with Crippen LogP contribution >= 0.6 is 0 Å². The summed E-state index contributed by atoms with van der Waals surface area (Å²) in [5.41, 5.74) is 1.61. The summed E-state index contributed by atoms with van der Waals surface area (Å²) in [7, 11) is 0. The van der Waals surface area contributed by atoms with Crippen LogP contribution in [-0.2, 0) is 0 Å². The van der Waals surface area contributed by atoms with Gasteiger partial charge in [0.2, 0.25) is 5.95 Å². The normalized spacial score (nSPS) is 22.4. The summed E-state index contributed by atoms with van der Waals surface area (Å²) in [4.78, 5) is 16.4. The average Bonchev–Trinajstić information content (AvgIpc) is 2.96. The number of anilines is 2. The third kappa shape index (κ3) is 3.09. The first-order chi connectivity index (χ1) is 10.3. The summed E-state index contributed by atoms with van der Waals surface area (Å²) >= 11 is 0. The summed E-state index contributed by atoms with van der Waals surface area (Å²) in [5, 5.41) is 6.78. The first-order valence-corrected chi connectivity index (χ1v) is 8.01. The van der Waals surface area contributed by atoms with Crippen molar-refractivity contribution in [3.63, 3.8) is 0 Å². The van der Waals surface area contributed by atoms with Crippen molar-refractivity contribution in [1.29, 1.82) is 0 Å². The van der Waals surface area contributed by atoms with Crippen LogP contribution < -0.4 is 10.6 Å².